The molecule has 1 aliphatic heterocycles. The number of benzene rings is 2. The van der Waals surface area contributed by atoms with E-state index in [4.69, 9.17) is 4.74 Å². The van der Waals surface area contributed by atoms with E-state index in [2.05, 4.69) is 4.98 Å². The Morgan fingerprint density at radius 3 is 2.78 bits per heavy atom. The van der Waals surface area contributed by atoms with Gasteiger partial charge in [-0.1, -0.05) is 24.3 Å². The summed E-state index contributed by atoms with van der Waals surface area (Å²) in [6.45, 7) is 0.452. The van der Waals surface area contributed by atoms with Crippen molar-refractivity contribution in [1.29, 1.82) is 0 Å². The lowest BCUT2D eigenvalue weighted by atomic mass is 9.93. The third-order valence-corrected chi connectivity index (χ3v) is 5.09. The Morgan fingerprint density at radius 2 is 1.83 bits per heavy atom. The smallest absolute Gasteiger partial charge is 0.197 e. The van der Waals surface area contributed by atoms with E-state index >= 15 is 0 Å². The minimum Gasteiger partial charge on any atom is -0.487 e. The highest BCUT2D eigenvalue weighted by Crippen LogP contribution is 2.40. The van der Waals surface area contributed by atoms with E-state index in [-0.39, 0.29) is 5.78 Å². The largest absolute Gasteiger partial charge is 0.487 e. The summed E-state index contributed by atoms with van der Waals surface area (Å²) in [5, 5.41) is 1.12. The van der Waals surface area contributed by atoms with Crippen molar-refractivity contribution in [3.05, 3.63) is 64.3 Å². The number of nitrogens with one attached hydrogen (secondary N) is 1. The van der Waals surface area contributed by atoms with Gasteiger partial charge in [-0.05, 0) is 43.4 Å². The number of hydrogen-bond acceptors (Lipinski definition) is 2. The van der Waals surface area contributed by atoms with E-state index < -0.39 is 0 Å². The van der Waals surface area contributed by atoms with Crippen LogP contribution >= 0.6 is 0 Å². The maximum absolute atomic E-state index is 13.0. The maximum Gasteiger partial charge on any atom is 0.197 e. The number of aromatic nitrogens is 1. The van der Waals surface area contributed by atoms with Crippen molar-refractivity contribution in [2.75, 3.05) is 0 Å². The molecule has 3 heteroatoms. The number of ether oxygens (including phenoxy) is 1. The SMILES string of the molecule is O=C1c2ccccc2COc2c1ccc1[nH]c3c(c21)CCCC3. The van der Waals surface area contributed by atoms with E-state index in [9.17, 15) is 4.79 Å². The zero-order valence-electron chi connectivity index (χ0n) is 12.8. The Balaban J connectivity index is 1.79. The first-order chi connectivity index (χ1) is 11.3. The molecule has 0 bridgehead atoms. The zero-order chi connectivity index (χ0) is 15.4. The monoisotopic (exact) mass is 303 g/mol. The second-order valence-electron chi connectivity index (χ2n) is 6.43. The third-order valence-electron chi connectivity index (χ3n) is 5.09. The van der Waals surface area contributed by atoms with Crippen molar-refractivity contribution >= 4 is 16.7 Å². The van der Waals surface area contributed by atoms with E-state index in [0.29, 0.717) is 12.2 Å². The molecule has 2 aromatic carbocycles. The summed E-state index contributed by atoms with van der Waals surface area (Å²) in [6, 6.07) is 11.7. The molecule has 0 spiro atoms. The molecule has 0 saturated carbocycles. The van der Waals surface area contributed by atoms with Gasteiger partial charge in [-0.2, -0.15) is 0 Å². The molecule has 2 aliphatic rings. The lowest BCUT2D eigenvalue weighted by Crippen LogP contribution is -2.03. The van der Waals surface area contributed by atoms with Crippen molar-refractivity contribution in [2.45, 2.75) is 32.3 Å². The molecule has 23 heavy (non-hydrogen) atoms. The molecule has 1 aromatic heterocycles. The summed E-state index contributed by atoms with van der Waals surface area (Å²) in [6.07, 6.45) is 4.59. The predicted octanol–water partition coefficient (Wildman–Crippen LogP) is 4.17. The zero-order valence-corrected chi connectivity index (χ0v) is 12.8. The number of carbonyl (C=O) groups excluding carboxylic acids is 1. The van der Waals surface area contributed by atoms with Gasteiger partial charge in [0.25, 0.3) is 0 Å². The average molecular weight is 303 g/mol. The fraction of sp³-hybridized carbons (Fsp3) is 0.250. The highest BCUT2D eigenvalue weighted by molar-refractivity contribution is 6.15. The van der Waals surface area contributed by atoms with Crippen molar-refractivity contribution in [1.82, 2.24) is 4.98 Å². The van der Waals surface area contributed by atoms with Crippen LogP contribution in [-0.4, -0.2) is 10.8 Å². The molecule has 0 unspecified atom stereocenters. The summed E-state index contributed by atoms with van der Waals surface area (Å²) in [4.78, 5) is 16.5. The van der Waals surface area contributed by atoms with E-state index in [1.54, 1.807) is 0 Å². The molecule has 0 amide bonds. The van der Waals surface area contributed by atoms with E-state index in [1.807, 2.05) is 36.4 Å². The molecule has 0 fully saturated rings. The molecular weight excluding hydrogens is 286 g/mol. The molecule has 1 N–H and O–H groups in total. The topological polar surface area (TPSA) is 42.1 Å². The number of aromatic amines is 1. The first-order valence-corrected chi connectivity index (χ1v) is 8.25. The third kappa shape index (κ3) is 1.79. The van der Waals surface area contributed by atoms with Crippen LogP contribution in [0, 0.1) is 0 Å². The predicted molar refractivity (Wildman–Crippen MR) is 89.1 cm³/mol. The maximum atomic E-state index is 13.0. The average Bonchev–Trinajstić information content (AvgIpc) is 2.91. The lowest BCUT2D eigenvalue weighted by molar-refractivity contribution is 0.103. The lowest BCUT2D eigenvalue weighted by Gasteiger charge is -2.13. The molecule has 0 atom stereocenters. The number of fused-ring (bicyclic) bond motifs is 6. The van der Waals surface area contributed by atoms with Crippen molar-refractivity contribution in [2.24, 2.45) is 0 Å². The molecule has 0 saturated heterocycles. The highest BCUT2D eigenvalue weighted by atomic mass is 16.5. The van der Waals surface area contributed by atoms with E-state index in [0.717, 1.165) is 40.6 Å². The molecule has 2 heterocycles. The molecule has 3 nitrogen and oxygen atoms in total. The number of carbonyl (C=O) groups is 1. The molecule has 1 aliphatic carbocycles. The number of hydrogen-bond donors (Lipinski definition) is 1. The molecule has 0 radical (unpaired) electrons. The van der Waals surface area contributed by atoms with Crippen LogP contribution in [0.4, 0.5) is 0 Å². The summed E-state index contributed by atoms with van der Waals surface area (Å²) in [5.41, 5.74) is 6.17. The van der Waals surface area contributed by atoms with Crippen molar-refractivity contribution in [3.8, 4) is 5.75 Å². The first kappa shape index (κ1) is 12.9. The van der Waals surface area contributed by atoms with Crippen LogP contribution in [0.3, 0.4) is 0 Å². The fourth-order valence-electron chi connectivity index (χ4n) is 3.96. The van der Waals surface area contributed by atoms with Gasteiger partial charge in [-0.25, -0.2) is 0 Å². The Hall–Kier alpha value is -2.55. The van der Waals surface area contributed by atoms with Crippen LogP contribution < -0.4 is 4.74 Å². The molecular formula is C20H17NO2. The summed E-state index contributed by atoms with van der Waals surface area (Å²) in [7, 11) is 0. The summed E-state index contributed by atoms with van der Waals surface area (Å²) in [5.74, 6) is 0.837. The Bertz CT molecular complexity index is 952. The van der Waals surface area contributed by atoms with Gasteiger partial charge in [-0.15, -0.1) is 0 Å². The van der Waals surface area contributed by atoms with Gasteiger partial charge in [0.2, 0.25) is 0 Å². The number of H-pyrrole nitrogens is 1. The Kier molecular flexibility index (Phi) is 2.66. The van der Waals surface area contributed by atoms with Gasteiger partial charge >= 0.3 is 0 Å². The Labute approximate surface area is 134 Å². The van der Waals surface area contributed by atoms with Crippen LogP contribution in [0.25, 0.3) is 10.9 Å². The molecule has 5 rings (SSSR count). The molecule has 114 valence electrons. The van der Waals surface area contributed by atoms with Crippen LogP contribution in [0.5, 0.6) is 5.75 Å². The number of ketones is 1. The molecule has 3 aromatic rings. The minimum atomic E-state index is 0.0701. The van der Waals surface area contributed by atoms with Crippen LogP contribution in [0.1, 0.15) is 45.6 Å². The van der Waals surface area contributed by atoms with Gasteiger partial charge in [0, 0.05) is 27.7 Å². The quantitative estimate of drug-likeness (QED) is 0.677. The number of rotatable bonds is 0. The van der Waals surface area contributed by atoms with Gasteiger partial charge in [0.05, 0.1) is 5.56 Å². The second-order valence-corrected chi connectivity index (χ2v) is 6.43. The van der Waals surface area contributed by atoms with Crippen LogP contribution in [0.2, 0.25) is 0 Å². The van der Waals surface area contributed by atoms with Gasteiger partial charge < -0.3 is 9.72 Å². The second kappa shape index (κ2) is 4.72. The van der Waals surface area contributed by atoms with Crippen LogP contribution in [0.15, 0.2) is 36.4 Å². The number of aryl methyl sites for hydroxylation is 2. The summed E-state index contributed by atoms with van der Waals surface area (Å²) < 4.78 is 6.14. The standard InChI is InChI=1S/C20H17NO2/c22-19-13-6-2-1-5-12(13)11-23-20-15(19)9-10-17-18(20)14-7-3-4-8-16(14)21-17/h1-2,5-6,9-10,21H,3-4,7-8,11H2. The highest BCUT2D eigenvalue weighted by Gasteiger charge is 2.27. The van der Waals surface area contributed by atoms with Gasteiger partial charge in [-0.3, -0.25) is 4.79 Å². The fourth-order valence-corrected chi connectivity index (χ4v) is 3.96. The van der Waals surface area contributed by atoms with E-state index in [1.165, 1.54) is 24.1 Å². The van der Waals surface area contributed by atoms with Crippen LogP contribution in [-0.2, 0) is 19.4 Å². The summed E-state index contributed by atoms with van der Waals surface area (Å²) >= 11 is 0. The van der Waals surface area contributed by atoms with Crippen molar-refractivity contribution in [3.63, 3.8) is 0 Å². The van der Waals surface area contributed by atoms with Crippen molar-refractivity contribution < 1.29 is 9.53 Å². The Morgan fingerprint density at radius 1 is 0.957 bits per heavy atom. The first-order valence-electron chi connectivity index (χ1n) is 8.25. The minimum absolute atomic E-state index is 0.0701. The van der Waals surface area contributed by atoms with Gasteiger partial charge in [0.1, 0.15) is 12.4 Å². The van der Waals surface area contributed by atoms with Gasteiger partial charge in [0.15, 0.2) is 5.78 Å². The normalized spacial score (nSPS) is 16.3.